The van der Waals surface area contributed by atoms with Crippen LogP contribution in [-0.4, -0.2) is 47.5 Å². The van der Waals surface area contributed by atoms with E-state index in [0.717, 1.165) is 32.1 Å². The van der Waals surface area contributed by atoms with Gasteiger partial charge in [-0.25, -0.2) is 4.79 Å². The van der Waals surface area contributed by atoms with E-state index < -0.39 is 17.7 Å². The van der Waals surface area contributed by atoms with Gasteiger partial charge in [-0.2, -0.15) is 0 Å². The van der Waals surface area contributed by atoms with Gasteiger partial charge in [0.05, 0.1) is 0 Å². The molecule has 7 heteroatoms. The Bertz CT molecular complexity index is 852. The summed E-state index contributed by atoms with van der Waals surface area (Å²) in [5.41, 5.74) is 0.454. The van der Waals surface area contributed by atoms with Crippen molar-refractivity contribution in [2.45, 2.75) is 91.3 Å². The molecule has 1 aromatic rings. The fourth-order valence-corrected chi connectivity index (χ4v) is 3.53. The van der Waals surface area contributed by atoms with Crippen molar-refractivity contribution in [1.29, 1.82) is 0 Å². The molecule has 188 valence electrons. The van der Waals surface area contributed by atoms with Crippen molar-refractivity contribution in [3.8, 4) is 12.3 Å². The Kier molecular flexibility index (Phi) is 12.2. The largest absolute Gasteiger partial charge is 0.444 e. The molecule has 0 saturated carbocycles. The number of carbonyl (C=O) groups is 3. The van der Waals surface area contributed by atoms with Crippen LogP contribution in [0.15, 0.2) is 24.3 Å². The van der Waals surface area contributed by atoms with Crippen molar-refractivity contribution in [2.24, 2.45) is 0 Å². The summed E-state index contributed by atoms with van der Waals surface area (Å²) in [6, 6.07) is 6.11. The van der Waals surface area contributed by atoms with Gasteiger partial charge < -0.3 is 20.3 Å². The second-order valence-electron chi connectivity index (χ2n) is 9.65. The number of amides is 3. The maximum absolute atomic E-state index is 13.4. The normalized spacial score (nSPS) is 11.9. The molecule has 0 aliphatic carbocycles. The van der Waals surface area contributed by atoms with E-state index in [0.29, 0.717) is 17.7 Å². The lowest BCUT2D eigenvalue weighted by Gasteiger charge is -2.33. The van der Waals surface area contributed by atoms with Crippen LogP contribution in [0.3, 0.4) is 0 Å². The van der Waals surface area contributed by atoms with Crippen molar-refractivity contribution in [3.63, 3.8) is 0 Å². The Balaban J connectivity index is 3.24. The molecule has 0 fully saturated rings. The zero-order chi connectivity index (χ0) is 25.7. The Morgan fingerprint density at radius 3 is 2.32 bits per heavy atom. The minimum absolute atomic E-state index is 0.116. The van der Waals surface area contributed by atoms with E-state index in [2.05, 4.69) is 23.5 Å². The minimum atomic E-state index is -0.909. The number of ether oxygens (including phenoxy) is 1. The number of hydrogen-bond donors (Lipinski definition) is 2. The molecule has 1 aromatic carbocycles. The van der Waals surface area contributed by atoms with E-state index in [9.17, 15) is 14.4 Å². The zero-order valence-corrected chi connectivity index (χ0v) is 21.6. The van der Waals surface area contributed by atoms with Gasteiger partial charge in [-0.15, -0.1) is 6.42 Å². The van der Waals surface area contributed by atoms with E-state index >= 15 is 0 Å². The van der Waals surface area contributed by atoms with Crippen molar-refractivity contribution in [1.82, 2.24) is 15.5 Å². The first-order valence-electron chi connectivity index (χ1n) is 12.1. The molecule has 1 atom stereocenters. The van der Waals surface area contributed by atoms with Gasteiger partial charge in [0.1, 0.15) is 18.2 Å². The third-order valence-electron chi connectivity index (χ3n) is 5.01. The van der Waals surface area contributed by atoms with Gasteiger partial charge in [-0.1, -0.05) is 56.7 Å². The predicted octanol–water partition coefficient (Wildman–Crippen LogP) is 4.56. The molecule has 0 aliphatic rings. The van der Waals surface area contributed by atoms with Crippen molar-refractivity contribution >= 4 is 17.9 Å². The SMILES string of the molecule is C#Cc1ccccc1C(C(=O)NC(C)C)N(CCCCCCC)C(=O)CNC(=O)OC(C)(C)C. The summed E-state index contributed by atoms with van der Waals surface area (Å²) < 4.78 is 5.25. The number of hydrogen-bond acceptors (Lipinski definition) is 4. The van der Waals surface area contributed by atoms with Gasteiger partial charge in [0.2, 0.25) is 11.8 Å². The van der Waals surface area contributed by atoms with Gasteiger partial charge in [-0.3, -0.25) is 9.59 Å². The quantitative estimate of drug-likeness (QED) is 0.346. The predicted molar refractivity (Wildman–Crippen MR) is 135 cm³/mol. The molecule has 1 rings (SSSR count). The summed E-state index contributed by atoms with van der Waals surface area (Å²) in [6.07, 6.45) is 9.99. The van der Waals surface area contributed by atoms with Crippen LogP contribution >= 0.6 is 0 Å². The van der Waals surface area contributed by atoms with Gasteiger partial charge in [-0.05, 0) is 52.7 Å². The van der Waals surface area contributed by atoms with Gasteiger partial charge in [0.15, 0.2) is 0 Å². The maximum atomic E-state index is 13.4. The zero-order valence-electron chi connectivity index (χ0n) is 21.6. The molecular formula is C27H41N3O4. The number of unbranched alkanes of at least 4 members (excludes halogenated alkanes) is 4. The minimum Gasteiger partial charge on any atom is -0.444 e. The Morgan fingerprint density at radius 2 is 1.74 bits per heavy atom. The Hall–Kier alpha value is -3.01. The second-order valence-corrected chi connectivity index (χ2v) is 9.65. The average Bonchev–Trinajstić information content (AvgIpc) is 2.75. The number of rotatable bonds is 12. The molecular weight excluding hydrogens is 430 g/mol. The van der Waals surface area contributed by atoms with Crippen molar-refractivity contribution in [3.05, 3.63) is 35.4 Å². The highest BCUT2D eigenvalue weighted by atomic mass is 16.6. The summed E-state index contributed by atoms with van der Waals surface area (Å²) in [5.74, 6) is 1.94. The summed E-state index contributed by atoms with van der Waals surface area (Å²) in [6.45, 7) is 11.2. The van der Waals surface area contributed by atoms with Crippen LogP contribution in [0.1, 0.15) is 90.8 Å². The molecule has 0 spiro atoms. The lowest BCUT2D eigenvalue weighted by Crippen LogP contribution is -2.49. The van der Waals surface area contributed by atoms with Crippen LogP contribution in [0.25, 0.3) is 0 Å². The van der Waals surface area contributed by atoms with E-state index in [1.807, 2.05) is 13.8 Å². The lowest BCUT2D eigenvalue weighted by molar-refractivity contribution is -0.140. The molecule has 0 saturated heterocycles. The lowest BCUT2D eigenvalue weighted by atomic mass is 9.97. The number of carbonyl (C=O) groups excluding carboxylic acids is 3. The fraction of sp³-hybridized carbons (Fsp3) is 0.593. The van der Waals surface area contributed by atoms with E-state index in [1.54, 1.807) is 45.0 Å². The number of nitrogens with zero attached hydrogens (tertiary/aromatic N) is 1. The summed E-state index contributed by atoms with van der Waals surface area (Å²) >= 11 is 0. The molecule has 0 bridgehead atoms. The standard InChI is InChI=1S/C27H41N3O4/c1-8-10-11-12-15-18-30(23(31)19-28-26(33)34-27(5,6)7)24(25(32)29-20(3)4)22-17-14-13-16-21(22)9-2/h2,13-14,16-17,20,24H,8,10-12,15,18-19H2,1,3-7H3,(H,28,33)(H,29,32). The topological polar surface area (TPSA) is 87.7 Å². The van der Waals surface area contributed by atoms with Crippen LogP contribution in [0, 0.1) is 12.3 Å². The average molecular weight is 472 g/mol. The molecule has 0 aliphatic heterocycles. The number of benzene rings is 1. The Labute approximate surface area is 205 Å². The van der Waals surface area contributed by atoms with Crippen LogP contribution in [-0.2, 0) is 14.3 Å². The first-order valence-corrected chi connectivity index (χ1v) is 12.1. The molecule has 7 nitrogen and oxygen atoms in total. The maximum Gasteiger partial charge on any atom is 0.408 e. The van der Waals surface area contributed by atoms with E-state index in [1.165, 1.54) is 4.90 Å². The molecule has 34 heavy (non-hydrogen) atoms. The van der Waals surface area contributed by atoms with Crippen LogP contribution in [0.5, 0.6) is 0 Å². The van der Waals surface area contributed by atoms with Crippen molar-refractivity contribution < 1.29 is 19.1 Å². The number of terminal acetylenes is 1. The second kappa shape index (κ2) is 14.3. The van der Waals surface area contributed by atoms with Crippen molar-refractivity contribution in [2.75, 3.05) is 13.1 Å². The number of alkyl carbamates (subject to hydrolysis) is 1. The molecule has 0 aromatic heterocycles. The third-order valence-corrected chi connectivity index (χ3v) is 5.01. The smallest absolute Gasteiger partial charge is 0.408 e. The first-order chi connectivity index (χ1) is 16.0. The molecule has 0 radical (unpaired) electrons. The van der Waals surface area contributed by atoms with Gasteiger partial charge >= 0.3 is 6.09 Å². The molecule has 2 N–H and O–H groups in total. The van der Waals surface area contributed by atoms with E-state index in [4.69, 9.17) is 11.2 Å². The Morgan fingerprint density at radius 1 is 1.09 bits per heavy atom. The molecule has 1 unspecified atom stereocenters. The van der Waals surface area contributed by atoms with Gasteiger partial charge in [0, 0.05) is 18.2 Å². The highest BCUT2D eigenvalue weighted by Gasteiger charge is 2.33. The molecule has 3 amide bonds. The van der Waals surface area contributed by atoms with Crippen LogP contribution in [0.4, 0.5) is 4.79 Å². The molecule has 0 heterocycles. The van der Waals surface area contributed by atoms with E-state index in [-0.39, 0.29) is 24.4 Å². The summed E-state index contributed by atoms with van der Waals surface area (Å²) in [4.78, 5) is 40.4. The van der Waals surface area contributed by atoms with Gasteiger partial charge in [0.25, 0.3) is 0 Å². The fourth-order valence-electron chi connectivity index (χ4n) is 3.53. The summed E-state index contributed by atoms with van der Waals surface area (Å²) in [5, 5.41) is 5.44. The number of nitrogens with one attached hydrogen (secondary N) is 2. The summed E-state index contributed by atoms with van der Waals surface area (Å²) in [7, 11) is 0. The van der Waals surface area contributed by atoms with Crippen LogP contribution in [0.2, 0.25) is 0 Å². The highest BCUT2D eigenvalue weighted by Crippen LogP contribution is 2.26. The monoisotopic (exact) mass is 471 g/mol. The van der Waals surface area contributed by atoms with Crippen LogP contribution < -0.4 is 10.6 Å². The third kappa shape index (κ3) is 10.3. The first kappa shape index (κ1) is 29.0. The highest BCUT2D eigenvalue weighted by molar-refractivity contribution is 5.91.